The molecule has 1 aliphatic rings. The molecule has 22 heavy (non-hydrogen) atoms. The number of pyridine rings is 1. The quantitative estimate of drug-likeness (QED) is 0.941. The van der Waals surface area contributed by atoms with E-state index < -0.39 is 0 Å². The van der Waals surface area contributed by atoms with Crippen LogP contribution in [0.25, 0.3) is 0 Å². The molecule has 0 spiro atoms. The summed E-state index contributed by atoms with van der Waals surface area (Å²) in [5, 5.41) is 2.11. The van der Waals surface area contributed by atoms with E-state index in [2.05, 4.69) is 22.5 Å². The van der Waals surface area contributed by atoms with Crippen LogP contribution in [0.1, 0.15) is 40.9 Å². The van der Waals surface area contributed by atoms with E-state index in [4.69, 9.17) is 5.73 Å². The minimum Gasteiger partial charge on any atom is -0.384 e. The molecule has 3 rings (SSSR count). The zero-order valence-electron chi connectivity index (χ0n) is 12.6. The van der Waals surface area contributed by atoms with E-state index in [1.165, 1.54) is 11.3 Å². The van der Waals surface area contributed by atoms with Crippen molar-refractivity contribution in [3.63, 3.8) is 0 Å². The number of aromatic nitrogens is 1. The molecule has 116 valence electrons. The molecule has 1 aliphatic heterocycles. The summed E-state index contributed by atoms with van der Waals surface area (Å²) in [6.45, 7) is 0.846. The van der Waals surface area contributed by atoms with Gasteiger partial charge in [-0.05, 0) is 55.7 Å². The zero-order chi connectivity index (χ0) is 15.4. The lowest BCUT2D eigenvalue weighted by atomic mass is 9.96. The van der Waals surface area contributed by atoms with Crippen LogP contribution in [-0.2, 0) is 6.42 Å². The Balaban J connectivity index is 1.68. The number of anilines is 1. The van der Waals surface area contributed by atoms with Crippen LogP contribution >= 0.6 is 11.3 Å². The van der Waals surface area contributed by atoms with Gasteiger partial charge >= 0.3 is 0 Å². The first-order chi connectivity index (χ1) is 10.7. The van der Waals surface area contributed by atoms with Gasteiger partial charge in [0.15, 0.2) is 0 Å². The largest absolute Gasteiger partial charge is 0.384 e. The average Bonchev–Trinajstić information content (AvgIpc) is 3.07. The standard InChI is InChI=1S/C17H21N3OS/c18-16-9-6-13(12-19-16)17(21)20-10-2-1-4-14(20)7-8-15-5-3-11-22-15/h3,5-6,9,11-12,14H,1-2,4,7-8,10H2,(H2,18,19)/t14-/m1/s1. The maximum atomic E-state index is 12.7. The number of hydrogen-bond donors (Lipinski definition) is 1. The smallest absolute Gasteiger partial charge is 0.255 e. The number of nitrogens with two attached hydrogens (primary N) is 1. The van der Waals surface area contributed by atoms with Crippen LogP contribution in [0.3, 0.4) is 0 Å². The third kappa shape index (κ3) is 3.47. The van der Waals surface area contributed by atoms with Crippen LogP contribution in [0.2, 0.25) is 0 Å². The molecule has 1 fully saturated rings. The Morgan fingerprint density at radius 1 is 1.36 bits per heavy atom. The van der Waals surface area contributed by atoms with Crippen molar-refractivity contribution in [2.45, 2.75) is 38.1 Å². The molecule has 1 saturated heterocycles. The minimum absolute atomic E-state index is 0.0865. The Morgan fingerprint density at radius 2 is 2.27 bits per heavy atom. The normalized spacial score (nSPS) is 18.4. The molecule has 0 radical (unpaired) electrons. The van der Waals surface area contributed by atoms with Crippen molar-refractivity contribution in [3.05, 3.63) is 46.3 Å². The number of rotatable bonds is 4. The molecule has 0 aliphatic carbocycles. The van der Waals surface area contributed by atoms with Crippen molar-refractivity contribution in [2.75, 3.05) is 12.3 Å². The van der Waals surface area contributed by atoms with Gasteiger partial charge in [0.1, 0.15) is 5.82 Å². The van der Waals surface area contributed by atoms with Gasteiger partial charge in [-0.3, -0.25) is 4.79 Å². The topological polar surface area (TPSA) is 59.2 Å². The van der Waals surface area contributed by atoms with E-state index in [0.29, 0.717) is 17.4 Å². The molecular formula is C17H21N3OS. The van der Waals surface area contributed by atoms with Crippen LogP contribution in [0, 0.1) is 0 Å². The highest BCUT2D eigenvalue weighted by Crippen LogP contribution is 2.24. The summed E-state index contributed by atoms with van der Waals surface area (Å²) in [5.74, 6) is 0.535. The Bertz CT molecular complexity index is 609. The first-order valence-corrected chi connectivity index (χ1v) is 8.67. The zero-order valence-corrected chi connectivity index (χ0v) is 13.4. The number of nitrogen functional groups attached to an aromatic ring is 1. The van der Waals surface area contributed by atoms with Crippen molar-refractivity contribution in [1.82, 2.24) is 9.88 Å². The van der Waals surface area contributed by atoms with E-state index >= 15 is 0 Å². The van der Waals surface area contributed by atoms with Gasteiger partial charge in [0, 0.05) is 23.7 Å². The number of amides is 1. The molecule has 0 bridgehead atoms. The molecule has 2 N–H and O–H groups in total. The van der Waals surface area contributed by atoms with Crippen LogP contribution in [0.4, 0.5) is 5.82 Å². The van der Waals surface area contributed by atoms with E-state index in [-0.39, 0.29) is 5.91 Å². The minimum atomic E-state index is 0.0865. The number of likely N-dealkylation sites (tertiary alicyclic amines) is 1. The van der Waals surface area contributed by atoms with Crippen LogP contribution in [-0.4, -0.2) is 28.4 Å². The SMILES string of the molecule is Nc1ccc(C(=O)N2CCCC[C@@H]2CCc2cccs2)cn1. The number of hydrogen-bond acceptors (Lipinski definition) is 4. The average molecular weight is 315 g/mol. The predicted octanol–water partition coefficient (Wildman–Crippen LogP) is 3.35. The van der Waals surface area contributed by atoms with Gasteiger partial charge in [-0.15, -0.1) is 11.3 Å². The van der Waals surface area contributed by atoms with Gasteiger partial charge in [-0.2, -0.15) is 0 Å². The highest BCUT2D eigenvalue weighted by atomic mass is 32.1. The van der Waals surface area contributed by atoms with Crippen molar-refractivity contribution < 1.29 is 4.79 Å². The fourth-order valence-corrected chi connectivity index (χ4v) is 3.75. The monoisotopic (exact) mass is 315 g/mol. The summed E-state index contributed by atoms with van der Waals surface area (Å²) in [7, 11) is 0. The number of thiophene rings is 1. The molecule has 0 saturated carbocycles. The molecule has 1 atom stereocenters. The number of nitrogens with zero attached hydrogens (tertiary/aromatic N) is 2. The summed E-state index contributed by atoms with van der Waals surface area (Å²) in [6, 6.07) is 8.06. The van der Waals surface area contributed by atoms with E-state index in [9.17, 15) is 4.79 Å². The molecule has 3 heterocycles. The Labute approximate surface area is 135 Å². The molecule has 4 nitrogen and oxygen atoms in total. The number of carbonyl (C=O) groups excluding carboxylic acids is 1. The lowest BCUT2D eigenvalue weighted by molar-refractivity contribution is 0.0602. The second-order valence-corrected chi connectivity index (χ2v) is 6.77. The van der Waals surface area contributed by atoms with Gasteiger partial charge in [-0.25, -0.2) is 4.98 Å². The summed E-state index contributed by atoms with van der Waals surface area (Å²) in [4.78, 5) is 20.2. The number of piperidine rings is 1. The Kier molecular flexibility index (Phi) is 4.73. The second kappa shape index (κ2) is 6.92. The first kappa shape index (κ1) is 15.0. The third-order valence-corrected chi connectivity index (χ3v) is 5.16. The number of aryl methyl sites for hydroxylation is 1. The van der Waals surface area contributed by atoms with Gasteiger partial charge in [0.2, 0.25) is 0 Å². The maximum Gasteiger partial charge on any atom is 0.255 e. The van der Waals surface area contributed by atoms with E-state index in [1.54, 1.807) is 29.7 Å². The highest BCUT2D eigenvalue weighted by molar-refractivity contribution is 7.09. The highest BCUT2D eigenvalue weighted by Gasteiger charge is 2.27. The maximum absolute atomic E-state index is 12.7. The van der Waals surface area contributed by atoms with Gasteiger partial charge < -0.3 is 10.6 Å². The summed E-state index contributed by atoms with van der Waals surface area (Å²) in [5.41, 5.74) is 6.24. The van der Waals surface area contributed by atoms with Crippen molar-refractivity contribution >= 4 is 23.1 Å². The summed E-state index contributed by atoms with van der Waals surface area (Å²) in [6.07, 6.45) is 7.06. The third-order valence-electron chi connectivity index (χ3n) is 4.23. The molecule has 2 aromatic heterocycles. The fraction of sp³-hybridized carbons (Fsp3) is 0.412. The lowest BCUT2D eigenvalue weighted by Crippen LogP contribution is -2.44. The predicted molar refractivity (Wildman–Crippen MR) is 90.0 cm³/mol. The molecule has 2 aromatic rings. The molecule has 0 aromatic carbocycles. The van der Waals surface area contributed by atoms with E-state index in [0.717, 1.165) is 32.2 Å². The fourth-order valence-electron chi connectivity index (χ4n) is 3.03. The molecule has 1 amide bonds. The van der Waals surface area contributed by atoms with Crippen LogP contribution in [0.5, 0.6) is 0 Å². The van der Waals surface area contributed by atoms with Crippen molar-refractivity contribution in [1.29, 1.82) is 0 Å². The van der Waals surface area contributed by atoms with Crippen LogP contribution in [0.15, 0.2) is 35.8 Å². The molecule has 5 heteroatoms. The van der Waals surface area contributed by atoms with Gasteiger partial charge in [-0.1, -0.05) is 6.07 Å². The summed E-state index contributed by atoms with van der Waals surface area (Å²) >= 11 is 1.79. The summed E-state index contributed by atoms with van der Waals surface area (Å²) < 4.78 is 0. The lowest BCUT2D eigenvalue weighted by Gasteiger charge is -2.36. The van der Waals surface area contributed by atoms with Crippen LogP contribution < -0.4 is 5.73 Å². The Hall–Kier alpha value is -1.88. The second-order valence-electron chi connectivity index (χ2n) is 5.74. The molecular weight excluding hydrogens is 294 g/mol. The van der Waals surface area contributed by atoms with Crippen molar-refractivity contribution in [3.8, 4) is 0 Å². The molecule has 0 unspecified atom stereocenters. The van der Waals surface area contributed by atoms with E-state index in [1.807, 2.05) is 4.90 Å². The van der Waals surface area contributed by atoms with Gasteiger partial charge in [0.25, 0.3) is 5.91 Å². The van der Waals surface area contributed by atoms with Crippen molar-refractivity contribution in [2.24, 2.45) is 0 Å². The first-order valence-electron chi connectivity index (χ1n) is 7.79. The Morgan fingerprint density at radius 3 is 3.00 bits per heavy atom. The van der Waals surface area contributed by atoms with Gasteiger partial charge in [0.05, 0.1) is 5.56 Å². The number of carbonyl (C=O) groups is 1.